The highest BCUT2D eigenvalue weighted by Crippen LogP contribution is 2.26. The van der Waals surface area contributed by atoms with Crippen LogP contribution < -0.4 is 10.1 Å². The molecule has 4 rings (SSSR count). The number of carbonyl (C=O) groups excluding carboxylic acids is 2. The maximum atomic E-state index is 12.9. The van der Waals surface area contributed by atoms with Gasteiger partial charge >= 0.3 is 0 Å². The van der Waals surface area contributed by atoms with E-state index in [0.717, 1.165) is 0 Å². The molecule has 1 saturated heterocycles. The first-order valence-electron chi connectivity index (χ1n) is 10.9. The number of amides is 1. The van der Waals surface area contributed by atoms with Crippen molar-refractivity contribution in [3.63, 3.8) is 0 Å². The summed E-state index contributed by atoms with van der Waals surface area (Å²) in [6.07, 6.45) is 4.15. The van der Waals surface area contributed by atoms with Gasteiger partial charge in [-0.15, -0.1) is 0 Å². The Kier molecular flexibility index (Phi) is 7.04. The van der Waals surface area contributed by atoms with Gasteiger partial charge in [-0.05, 0) is 68.3 Å². The fourth-order valence-corrected chi connectivity index (χ4v) is 5.23. The predicted molar refractivity (Wildman–Crippen MR) is 127 cm³/mol. The van der Waals surface area contributed by atoms with Gasteiger partial charge in [0.05, 0.1) is 4.90 Å². The van der Waals surface area contributed by atoms with Crippen molar-refractivity contribution in [3.8, 4) is 11.5 Å². The number of carbonyl (C=O) groups is 2. The number of nitrogens with zero attached hydrogens (tertiary/aromatic N) is 2. The van der Waals surface area contributed by atoms with Gasteiger partial charge in [0.15, 0.2) is 5.78 Å². The number of ketones is 1. The number of rotatable bonds is 7. The largest absolute Gasteiger partial charge is 0.457 e. The Bertz CT molecular complexity index is 1250. The number of hydrogen-bond acceptors (Lipinski definition) is 6. The molecule has 9 heteroatoms. The lowest BCUT2D eigenvalue weighted by Gasteiger charge is -2.30. The molecule has 1 aliphatic rings. The summed E-state index contributed by atoms with van der Waals surface area (Å²) in [4.78, 5) is 28.2. The van der Waals surface area contributed by atoms with Gasteiger partial charge in [0.2, 0.25) is 15.9 Å². The first kappa shape index (κ1) is 23.6. The smallest absolute Gasteiger partial charge is 0.243 e. The number of piperidine rings is 1. The number of Topliss-reactive ketones (excluding diaryl/α,β-unsaturated/α-hetero) is 1. The fourth-order valence-electron chi connectivity index (χ4n) is 3.76. The molecule has 176 valence electrons. The number of benzene rings is 2. The zero-order chi connectivity index (χ0) is 24.1. The van der Waals surface area contributed by atoms with Crippen LogP contribution in [-0.2, 0) is 14.8 Å². The summed E-state index contributed by atoms with van der Waals surface area (Å²) < 4.78 is 33.0. The molecular formula is C25H25N3O5S. The topological polar surface area (TPSA) is 106 Å². The van der Waals surface area contributed by atoms with Crippen molar-refractivity contribution in [3.05, 3.63) is 78.6 Å². The predicted octanol–water partition coefficient (Wildman–Crippen LogP) is 4.12. The van der Waals surface area contributed by atoms with Crippen molar-refractivity contribution < 1.29 is 22.7 Å². The summed E-state index contributed by atoms with van der Waals surface area (Å²) in [6.45, 7) is 1.95. The molecule has 0 saturated carbocycles. The monoisotopic (exact) mass is 479 g/mol. The number of nitrogens with one attached hydrogen (secondary N) is 1. The molecule has 1 aromatic heterocycles. The summed E-state index contributed by atoms with van der Waals surface area (Å²) in [6, 6.07) is 16.5. The van der Waals surface area contributed by atoms with Crippen LogP contribution in [0.3, 0.4) is 0 Å². The average Bonchev–Trinajstić information content (AvgIpc) is 2.86. The Morgan fingerprint density at radius 1 is 0.912 bits per heavy atom. The van der Waals surface area contributed by atoms with Crippen LogP contribution in [0, 0.1) is 5.92 Å². The van der Waals surface area contributed by atoms with Gasteiger partial charge in [-0.2, -0.15) is 4.31 Å². The Balaban J connectivity index is 1.31. The van der Waals surface area contributed by atoms with Crippen molar-refractivity contribution in [1.82, 2.24) is 9.29 Å². The highest BCUT2D eigenvalue weighted by molar-refractivity contribution is 7.89. The Morgan fingerprint density at radius 2 is 1.50 bits per heavy atom. The maximum absolute atomic E-state index is 12.9. The second-order valence-electron chi connectivity index (χ2n) is 8.06. The summed E-state index contributed by atoms with van der Waals surface area (Å²) >= 11 is 0. The number of pyridine rings is 1. The zero-order valence-corrected chi connectivity index (χ0v) is 19.5. The first-order chi connectivity index (χ1) is 16.3. The average molecular weight is 480 g/mol. The van der Waals surface area contributed by atoms with E-state index in [4.69, 9.17) is 4.74 Å². The minimum Gasteiger partial charge on any atom is -0.457 e. The molecule has 1 N–H and O–H groups in total. The minimum absolute atomic E-state index is 0.119. The molecule has 1 aliphatic heterocycles. The Hall–Kier alpha value is -3.56. The van der Waals surface area contributed by atoms with E-state index in [0.29, 0.717) is 35.6 Å². The summed E-state index contributed by atoms with van der Waals surface area (Å²) in [5.74, 6) is 0.777. The lowest BCUT2D eigenvalue weighted by molar-refractivity contribution is -0.120. The van der Waals surface area contributed by atoms with E-state index in [1.165, 1.54) is 35.5 Å². The number of anilines is 1. The van der Waals surface area contributed by atoms with E-state index in [2.05, 4.69) is 10.3 Å². The van der Waals surface area contributed by atoms with Crippen molar-refractivity contribution in [1.29, 1.82) is 0 Å². The molecule has 1 amide bonds. The second-order valence-corrected chi connectivity index (χ2v) is 10.00. The SMILES string of the molecule is CC(=O)c1ccc(S(=O)(=O)N2CCC(C(=O)Nc3ccc(Oc4ccncc4)cc3)CC2)cc1. The van der Waals surface area contributed by atoms with E-state index in [9.17, 15) is 18.0 Å². The number of aromatic nitrogens is 1. The first-order valence-corrected chi connectivity index (χ1v) is 12.4. The van der Waals surface area contributed by atoms with Crippen LogP contribution in [0.2, 0.25) is 0 Å². The molecule has 0 radical (unpaired) electrons. The quantitative estimate of drug-likeness (QED) is 0.511. The lowest BCUT2D eigenvalue weighted by Crippen LogP contribution is -2.41. The third-order valence-electron chi connectivity index (χ3n) is 5.73. The zero-order valence-electron chi connectivity index (χ0n) is 18.7. The van der Waals surface area contributed by atoms with E-state index in [1.54, 1.807) is 48.8 Å². The number of ether oxygens (including phenoxy) is 1. The number of hydrogen-bond donors (Lipinski definition) is 1. The van der Waals surface area contributed by atoms with Gasteiger partial charge in [-0.1, -0.05) is 12.1 Å². The molecule has 2 aromatic carbocycles. The lowest BCUT2D eigenvalue weighted by atomic mass is 9.97. The van der Waals surface area contributed by atoms with Crippen LogP contribution in [0.4, 0.5) is 5.69 Å². The highest BCUT2D eigenvalue weighted by Gasteiger charge is 2.32. The van der Waals surface area contributed by atoms with E-state index in [-0.39, 0.29) is 35.6 Å². The molecule has 2 heterocycles. The molecule has 0 spiro atoms. The van der Waals surface area contributed by atoms with Crippen molar-refractivity contribution in [2.75, 3.05) is 18.4 Å². The van der Waals surface area contributed by atoms with Gasteiger partial charge in [0.1, 0.15) is 11.5 Å². The molecule has 1 fully saturated rings. The Labute approximate surface area is 198 Å². The maximum Gasteiger partial charge on any atom is 0.243 e. The molecule has 34 heavy (non-hydrogen) atoms. The molecule has 0 atom stereocenters. The normalized spacial score (nSPS) is 15.0. The molecular weight excluding hydrogens is 454 g/mol. The summed E-state index contributed by atoms with van der Waals surface area (Å²) in [7, 11) is -3.67. The van der Waals surface area contributed by atoms with Gasteiger partial charge in [-0.25, -0.2) is 8.42 Å². The van der Waals surface area contributed by atoms with E-state index >= 15 is 0 Å². The highest BCUT2D eigenvalue weighted by atomic mass is 32.2. The van der Waals surface area contributed by atoms with Gasteiger partial charge in [0, 0.05) is 42.7 Å². The third-order valence-corrected chi connectivity index (χ3v) is 7.64. The van der Waals surface area contributed by atoms with Crippen molar-refractivity contribution in [2.24, 2.45) is 5.92 Å². The standard InChI is InChI=1S/C25H25N3O5S/c1-18(29)19-2-8-24(9-3-19)34(31,32)28-16-12-20(13-17-28)25(30)27-21-4-6-22(7-5-21)33-23-10-14-26-15-11-23/h2-11,14-15,20H,12-13,16-17H2,1H3,(H,27,30). The second kappa shape index (κ2) is 10.1. The Morgan fingerprint density at radius 3 is 2.09 bits per heavy atom. The third kappa shape index (κ3) is 5.49. The number of sulfonamides is 1. The van der Waals surface area contributed by atoms with Gasteiger partial charge < -0.3 is 10.1 Å². The van der Waals surface area contributed by atoms with Crippen LogP contribution in [-0.4, -0.2) is 42.5 Å². The molecule has 0 aliphatic carbocycles. The van der Waals surface area contributed by atoms with Crippen LogP contribution in [0.15, 0.2) is 78.0 Å². The van der Waals surface area contributed by atoms with Crippen LogP contribution >= 0.6 is 0 Å². The minimum atomic E-state index is -3.67. The molecule has 0 bridgehead atoms. The molecule has 3 aromatic rings. The summed E-state index contributed by atoms with van der Waals surface area (Å²) in [5, 5.41) is 2.90. The van der Waals surface area contributed by atoms with Gasteiger partial charge in [0.25, 0.3) is 0 Å². The van der Waals surface area contributed by atoms with E-state index in [1.807, 2.05) is 0 Å². The van der Waals surface area contributed by atoms with Crippen LogP contribution in [0.1, 0.15) is 30.1 Å². The van der Waals surface area contributed by atoms with Crippen molar-refractivity contribution in [2.45, 2.75) is 24.7 Å². The van der Waals surface area contributed by atoms with E-state index < -0.39 is 10.0 Å². The molecule has 8 nitrogen and oxygen atoms in total. The van der Waals surface area contributed by atoms with Crippen LogP contribution in [0.25, 0.3) is 0 Å². The fraction of sp³-hybridized carbons (Fsp3) is 0.240. The van der Waals surface area contributed by atoms with Gasteiger partial charge in [-0.3, -0.25) is 14.6 Å². The van der Waals surface area contributed by atoms with Crippen molar-refractivity contribution >= 4 is 27.4 Å². The molecule has 0 unspecified atom stereocenters. The summed E-state index contributed by atoms with van der Waals surface area (Å²) in [5.41, 5.74) is 1.11. The van der Waals surface area contributed by atoms with Crippen LogP contribution in [0.5, 0.6) is 11.5 Å².